The van der Waals surface area contributed by atoms with Crippen LogP contribution in [0.3, 0.4) is 0 Å². The molecule has 2 aromatic rings. The van der Waals surface area contributed by atoms with Gasteiger partial charge in [0.15, 0.2) is 5.84 Å². The van der Waals surface area contributed by atoms with Gasteiger partial charge in [-0.15, -0.1) is 4.40 Å². The lowest BCUT2D eigenvalue weighted by atomic mass is 10.1. The zero-order chi connectivity index (χ0) is 21.9. The number of nitrogens with zero attached hydrogens (tertiary/aromatic N) is 2. The summed E-state index contributed by atoms with van der Waals surface area (Å²) >= 11 is 0. The van der Waals surface area contributed by atoms with Crippen LogP contribution in [0, 0.1) is 0 Å². The summed E-state index contributed by atoms with van der Waals surface area (Å²) in [6.07, 6.45) is 3.38. The molecule has 0 aliphatic carbocycles. The van der Waals surface area contributed by atoms with E-state index in [4.69, 9.17) is 10.5 Å². The maximum atomic E-state index is 12.7. The van der Waals surface area contributed by atoms with Crippen molar-refractivity contribution in [3.63, 3.8) is 0 Å². The molecule has 3 rings (SSSR count). The fourth-order valence-corrected chi connectivity index (χ4v) is 3.87. The number of hydrogen-bond donors (Lipinski definition) is 3. The van der Waals surface area contributed by atoms with Crippen molar-refractivity contribution < 1.29 is 17.9 Å². The Morgan fingerprint density at radius 1 is 1.30 bits per heavy atom. The minimum absolute atomic E-state index is 0.127. The Kier molecular flexibility index (Phi) is 5.97. The third-order valence-electron chi connectivity index (χ3n) is 4.37. The number of amides is 1. The number of carbonyl (C=O) groups excluding carboxylic acids is 1. The van der Waals surface area contributed by atoms with Crippen LogP contribution in [0.25, 0.3) is 0 Å². The predicted molar refractivity (Wildman–Crippen MR) is 115 cm³/mol. The number of nitrogens with two attached hydrogens (primary N) is 1. The number of pyridine rings is 1. The second-order valence-corrected chi connectivity index (χ2v) is 8.98. The smallest absolute Gasteiger partial charge is 0.344 e. The number of amidine groups is 1. The van der Waals surface area contributed by atoms with Crippen LogP contribution in [0.4, 0.5) is 5.69 Å². The van der Waals surface area contributed by atoms with E-state index in [0.29, 0.717) is 22.6 Å². The Morgan fingerprint density at radius 2 is 2.07 bits per heavy atom. The van der Waals surface area contributed by atoms with E-state index >= 15 is 0 Å². The Balaban J connectivity index is 1.72. The number of fused-ring (bicyclic) bond motifs is 1. The standard InChI is InChI=1S/C20H25N5O4S/c1-4-6-14-11-13(9-10-22-14)19(26)23-20(2,3)12-29-16-8-5-7-15-17(16)18(21)25-30(27,28)24-15/h5,7-11,24H,4,6,12H2,1-3H3,(H2,21,25)(H,23,26). The summed E-state index contributed by atoms with van der Waals surface area (Å²) < 4.78 is 35.1. The van der Waals surface area contributed by atoms with Gasteiger partial charge in [0, 0.05) is 17.5 Å². The lowest BCUT2D eigenvalue weighted by Gasteiger charge is -2.27. The maximum Gasteiger partial charge on any atom is 0.344 e. The van der Waals surface area contributed by atoms with E-state index in [9.17, 15) is 13.2 Å². The number of anilines is 1. The van der Waals surface area contributed by atoms with Crippen LogP contribution in [-0.2, 0) is 16.6 Å². The zero-order valence-electron chi connectivity index (χ0n) is 17.1. The Bertz CT molecular complexity index is 1100. The van der Waals surface area contributed by atoms with E-state index in [1.165, 1.54) is 0 Å². The van der Waals surface area contributed by atoms with Gasteiger partial charge in [0.1, 0.15) is 12.4 Å². The molecule has 0 radical (unpaired) electrons. The fourth-order valence-electron chi connectivity index (χ4n) is 3.02. The molecule has 30 heavy (non-hydrogen) atoms. The van der Waals surface area contributed by atoms with E-state index in [-0.39, 0.29) is 18.3 Å². The normalized spacial score (nSPS) is 14.8. The molecule has 1 aromatic carbocycles. The van der Waals surface area contributed by atoms with Gasteiger partial charge in [-0.25, -0.2) is 0 Å². The maximum absolute atomic E-state index is 12.7. The first-order valence-corrected chi connectivity index (χ1v) is 11.0. The van der Waals surface area contributed by atoms with Gasteiger partial charge < -0.3 is 15.8 Å². The summed E-state index contributed by atoms with van der Waals surface area (Å²) in [6, 6.07) is 8.34. The largest absolute Gasteiger partial charge is 0.490 e. The number of ether oxygens (including phenoxy) is 1. The summed E-state index contributed by atoms with van der Waals surface area (Å²) in [4.78, 5) is 16.9. The second kappa shape index (κ2) is 8.31. The van der Waals surface area contributed by atoms with E-state index in [1.807, 2.05) is 13.8 Å². The van der Waals surface area contributed by atoms with Gasteiger partial charge in [0.05, 0.1) is 16.8 Å². The van der Waals surface area contributed by atoms with Crippen molar-refractivity contribution in [2.45, 2.75) is 39.2 Å². The average molecular weight is 432 g/mol. The number of hydrogen-bond acceptors (Lipinski definition) is 6. The molecule has 4 N–H and O–H groups in total. The highest BCUT2D eigenvalue weighted by molar-refractivity contribution is 7.91. The molecule has 1 aliphatic heterocycles. The van der Waals surface area contributed by atoms with Gasteiger partial charge in [-0.1, -0.05) is 19.4 Å². The topological polar surface area (TPSA) is 136 Å². The molecule has 2 heterocycles. The second-order valence-electron chi connectivity index (χ2n) is 7.64. The highest BCUT2D eigenvalue weighted by Crippen LogP contribution is 2.30. The predicted octanol–water partition coefficient (Wildman–Crippen LogP) is 2.00. The van der Waals surface area contributed by atoms with Crippen molar-refractivity contribution in [2.75, 3.05) is 11.3 Å². The van der Waals surface area contributed by atoms with Crippen molar-refractivity contribution in [1.82, 2.24) is 10.3 Å². The molecule has 0 spiro atoms. The van der Waals surface area contributed by atoms with E-state index in [2.05, 4.69) is 26.3 Å². The van der Waals surface area contributed by atoms with E-state index in [0.717, 1.165) is 18.5 Å². The number of carbonyl (C=O) groups is 1. The molecule has 1 aliphatic rings. The highest BCUT2D eigenvalue weighted by atomic mass is 32.2. The van der Waals surface area contributed by atoms with Crippen molar-refractivity contribution in [1.29, 1.82) is 0 Å². The van der Waals surface area contributed by atoms with Gasteiger partial charge in [-0.2, -0.15) is 8.42 Å². The van der Waals surface area contributed by atoms with Crippen molar-refractivity contribution in [3.8, 4) is 5.75 Å². The zero-order valence-corrected chi connectivity index (χ0v) is 17.9. The summed E-state index contributed by atoms with van der Waals surface area (Å²) in [5.41, 5.74) is 7.18. The summed E-state index contributed by atoms with van der Waals surface area (Å²) in [7, 11) is -3.86. The molecule has 160 valence electrons. The van der Waals surface area contributed by atoms with Crippen molar-refractivity contribution in [2.24, 2.45) is 10.1 Å². The van der Waals surface area contributed by atoms with E-state index < -0.39 is 15.7 Å². The molecule has 0 bridgehead atoms. The molecule has 1 amide bonds. The first-order valence-electron chi connectivity index (χ1n) is 9.52. The number of benzene rings is 1. The third kappa shape index (κ3) is 5.07. The molecule has 0 saturated heterocycles. The number of rotatable bonds is 7. The van der Waals surface area contributed by atoms with Gasteiger partial charge in [-0.05, 0) is 44.5 Å². The number of aryl methyl sites for hydroxylation is 1. The van der Waals surface area contributed by atoms with Crippen LogP contribution in [0.2, 0.25) is 0 Å². The SMILES string of the molecule is CCCc1cc(C(=O)NC(C)(C)COc2cccc3c2C(N)=NS(=O)(=O)N3)ccn1. The van der Waals surface area contributed by atoms with Gasteiger partial charge >= 0.3 is 10.2 Å². The minimum atomic E-state index is -3.86. The van der Waals surface area contributed by atoms with Crippen LogP contribution in [0.1, 0.15) is 48.8 Å². The Morgan fingerprint density at radius 3 is 2.80 bits per heavy atom. The van der Waals surface area contributed by atoms with Crippen LogP contribution in [-0.4, -0.2) is 37.3 Å². The molecule has 10 heteroatoms. The summed E-state index contributed by atoms with van der Waals surface area (Å²) in [6.45, 7) is 5.84. The van der Waals surface area contributed by atoms with Crippen molar-refractivity contribution in [3.05, 3.63) is 53.3 Å². The van der Waals surface area contributed by atoms with Gasteiger partial charge in [0.2, 0.25) is 0 Å². The van der Waals surface area contributed by atoms with Crippen LogP contribution >= 0.6 is 0 Å². The highest BCUT2D eigenvalue weighted by Gasteiger charge is 2.27. The summed E-state index contributed by atoms with van der Waals surface area (Å²) in [5, 5.41) is 2.95. The molecule has 9 nitrogen and oxygen atoms in total. The minimum Gasteiger partial charge on any atom is -0.490 e. The first kappa shape index (κ1) is 21.6. The molecule has 0 saturated carbocycles. The molecular formula is C20H25N5O4S. The van der Waals surface area contributed by atoms with Gasteiger partial charge in [0.25, 0.3) is 5.91 Å². The fraction of sp³-hybridized carbons (Fsp3) is 0.350. The Labute approximate surface area is 175 Å². The Hall–Kier alpha value is -3.14. The molecule has 0 atom stereocenters. The van der Waals surface area contributed by atoms with Gasteiger partial charge in [-0.3, -0.25) is 14.5 Å². The van der Waals surface area contributed by atoms with Crippen LogP contribution in [0.15, 0.2) is 40.9 Å². The van der Waals surface area contributed by atoms with E-state index in [1.54, 1.807) is 36.5 Å². The summed E-state index contributed by atoms with van der Waals surface area (Å²) in [5.74, 6) is -0.0127. The third-order valence-corrected chi connectivity index (χ3v) is 5.28. The first-order chi connectivity index (χ1) is 14.1. The van der Waals surface area contributed by atoms with Crippen LogP contribution in [0.5, 0.6) is 5.75 Å². The quantitative estimate of drug-likeness (QED) is 0.613. The monoisotopic (exact) mass is 431 g/mol. The number of nitrogens with one attached hydrogen (secondary N) is 2. The van der Waals surface area contributed by atoms with Crippen molar-refractivity contribution >= 4 is 27.6 Å². The number of aromatic nitrogens is 1. The molecule has 1 aromatic heterocycles. The average Bonchev–Trinajstić information content (AvgIpc) is 2.65. The lowest BCUT2D eigenvalue weighted by Crippen LogP contribution is -2.48. The molecule has 0 fully saturated rings. The lowest BCUT2D eigenvalue weighted by molar-refractivity contribution is 0.0880. The molecular weight excluding hydrogens is 406 g/mol. The van der Waals surface area contributed by atoms with Crippen LogP contribution < -0.4 is 20.5 Å². The molecule has 0 unspecified atom stereocenters.